The van der Waals surface area contributed by atoms with Crippen LogP contribution >= 0.6 is 34.5 Å². The predicted octanol–water partition coefficient (Wildman–Crippen LogP) is 4.12. The number of halogens is 2. The topological polar surface area (TPSA) is 79.1 Å². The van der Waals surface area contributed by atoms with E-state index in [2.05, 4.69) is 4.99 Å². The number of para-hydroxylation sites is 1. The number of carbonyl (C=O) groups excluding carboxylic acids is 1. The van der Waals surface area contributed by atoms with Crippen molar-refractivity contribution in [3.63, 3.8) is 0 Å². The van der Waals surface area contributed by atoms with E-state index < -0.39 is 12.0 Å². The van der Waals surface area contributed by atoms with Crippen LogP contribution in [0.3, 0.4) is 0 Å². The fourth-order valence-electron chi connectivity index (χ4n) is 3.98. The van der Waals surface area contributed by atoms with Crippen molar-refractivity contribution >= 4 is 46.6 Å². The van der Waals surface area contributed by atoms with Crippen molar-refractivity contribution in [2.75, 3.05) is 20.8 Å². The molecule has 0 radical (unpaired) electrons. The van der Waals surface area contributed by atoms with Gasteiger partial charge in [0.1, 0.15) is 6.04 Å². The normalized spacial score (nSPS) is 15.5. The molecule has 0 aliphatic carbocycles. The fourth-order valence-corrected chi connectivity index (χ4v) is 5.43. The monoisotopic (exact) mass is 532 g/mol. The third kappa shape index (κ3) is 4.49. The van der Waals surface area contributed by atoms with E-state index in [0.29, 0.717) is 42.7 Å². The number of fused-ring (bicyclic) bond motifs is 1. The lowest BCUT2D eigenvalue weighted by Gasteiger charge is -2.25. The molecule has 2 aromatic carbocycles. The van der Waals surface area contributed by atoms with Crippen LogP contribution in [0.5, 0.6) is 11.5 Å². The number of allylic oxidation sites excluding steroid dienone is 1. The summed E-state index contributed by atoms with van der Waals surface area (Å²) in [6.45, 7) is 3.59. The molecule has 1 atom stereocenters. The van der Waals surface area contributed by atoms with E-state index in [1.807, 2.05) is 12.1 Å². The van der Waals surface area contributed by atoms with Gasteiger partial charge in [-0.3, -0.25) is 9.36 Å². The van der Waals surface area contributed by atoms with E-state index in [4.69, 9.17) is 37.4 Å². The van der Waals surface area contributed by atoms with Gasteiger partial charge in [-0.1, -0.05) is 58.8 Å². The molecule has 4 rings (SSSR count). The number of rotatable bonds is 6. The summed E-state index contributed by atoms with van der Waals surface area (Å²) in [5, 5.41) is 0.560. The quantitative estimate of drug-likeness (QED) is 0.446. The van der Waals surface area contributed by atoms with E-state index in [-0.39, 0.29) is 22.8 Å². The molecule has 0 bridgehead atoms. The highest BCUT2D eigenvalue weighted by Crippen LogP contribution is 2.37. The van der Waals surface area contributed by atoms with E-state index in [0.717, 1.165) is 0 Å². The van der Waals surface area contributed by atoms with Gasteiger partial charge in [0.25, 0.3) is 5.56 Å². The summed E-state index contributed by atoms with van der Waals surface area (Å²) in [7, 11) is 3.08. The lowest BCUT2D eigenvalue weighted by molar-refractivity contribution is -0.139. The van der Waals surface area contributed by atoms with Gasteiger partial charge in [0.2, 0.25) is 0 Å². The lowest BCUT2D eigenvalue weighted by atomic mass is 9.96. The summed E-state index contributed by atoms with van der Waals surface area (Å²) in [6.07, 6.45) is 1.71. The number of methoxy groups -OCH3 is 2. The van der Waals surface area contributed by atoms with Crippen molar-refractivity contribution < 1.29 is 19.0 Å². The largest absolute Gasteiger partial charge is 0.493 e. The van der Waals surface area contributed by atoms with Crippen molar-refractivity contribution in [2.24, 2.45) is 4.99 Å². The Hall–Kier alpha value is -3.07. The molecule has 182 valence electrons. The molecule has 7 nitrogen and oxygen atoms in total. The van der Waals surface area contributed by atoms with Crippen molar-refractivity contribution in [1.29, 1.82) is 0 Å². The summed E-state index contributed by atoms with van der Waals surface area (Å²) >= 11 is 14.1. The smallest absolute Gasteiger partial charge is 0.338 e. The van der Waals surface area contributed by atoms with Crippen LogP contribution in [-0.2, 0) is 9.53 Å². The molecule has 1 aromatic heterocycles. The van der Waals surface area contributed by atoms with Gasteiger partial charge in [-0.2, -0.15) is 0 Å². The first-order chi connectivity index (χ1) is 16.8. The first kappa shape index (κ1) is 25.0. The highest BCUT2D eigenvalue weighted by Gasteiger charge is 2.34. The summed E-state index contributed by atoms with van der Waals surface area (Å²) in [6, 6.07) is 9.64. The molecular weight excluding hydrogens is 511 g/mol. The van der Waals surface area contributed by atoms with Gasteiger partial charge in [-0.25, -0.2) is 9.79 Å². The summed E-state index contributed by atoms with van der Waals surface area (Å²) in [5.74, 6) is 0.468. The highest BCUT2D eigenvalue weighted by atomic mass is 35.5. The van der Waals surface area contributed by atoms with Gasteiger partial charge in [0.15, 0.2) is 16.3 Å². The van der Waals surface area contributed by atoms with Crippen LogP contribution in [0.25, 0.3) is 6.08 Å². The van der Waals surface area contributed by atoms with Crippen LogP contribution in [0.4, 0.5) is 0 Å². The Morgan fingerprint density at radius 3 is 2.60 bits per heavy atom. The first-order valence-electron chi connectivity index (χ1n) is 10.7. The third-order valence-electron chi connectivity index (χ3n) is 5.51. The lowest BCUT2D eigenvalue weighted by Crippen LogP contribution is -2.40. The zero-order chi connectivity index (χ0) is 25.3. The molecule has 35 heavy (non-hydrogen) atoms. The second-order valence-corrected chi connectivity index (χ2v) is 9.32. The Morgan fingerprint density at radius 1 is 1.17 bits per heavy atom. The standard InChI is InChI=1S/C25H22Cl2N2O5S/c1-5-34-24(31)19-13(2)28-25-29(21(19)15-9-7-10-16(26)20(15)27)23(30)18(35-25)12-14-8-6-11-17(32-3)22(14)33-4/h6-12,21H,5H2,1-4H3/b18-12-/t21-/m1/s1. The van der Waals surface area contributed by atoms with Gasteiger partial charge in [0.05, 0.1) is 46.7 Å². The molecule has 0 N–H and O–H groups in total. The number of aromatic nitrogens is 1. The predicted molar refractivity (Wildman–Crippen MR) is 136 cm³/mol. The Morgan fingerprint density at radius 2 is 1.91 bits per heavy atom. The molecule has 1 aliphatic rings. The number of hydrogen-bond acceptors (Lipinski definition) is 7. The number of ether oxygens (including phenoxy) is 3. The van der Waals surface area contributed by atoms with Crippen LogP contribution < -0.4 is 24.4 Å². The fraction of sp³-hybridized carbons (Fsp3) is 0.240. The van der Waals surface area contributed by atoms with Gasteiger partial charge in [-0.05, 0) is 32.1 Å². The average Bonchev–Trinajstić information content (AvgIpc) is 3.14. The third-order valence-corrected chi connectivity index (χ3v) is 7.33. The van der Waals surface area contributed by atoms with Crippen molar-refractivity contribution in [3.8, 4) is 11.5 Å². The Labute approximate surface area is 215 Å². The van der Waals surface area contributed by atoms with Crippen molar-refractivity contribution in [3.05, 3.63) is 88.5 Å². The minimum absolute atomic E-state index is 0.172. The maximum atomic E-state index is 13.7. The number of benzene rings is 2. The number of thiazole rings is 1. The van der Waals surface area contributed by atoms with Crippen LogP contribution in [0.1, 0.15) is 31.0 Å². The van der Waals surface area contributed by atoms with Crippen LogP contribution in [0.15, 0.2) is 57.5 Å². The molecule has 0 saturated carbocycles. The van der Waals surface area contributed by atoms with Gasteiger partial charge < -0.3 is 14.2 Å². The van der Waals surface area contributed by atoms with Crippen LogP contribution in [0.2, 0.25) is 10.0 Å². The molecule has 10 heteroatoms. The summed E-state index contributed by atoms with van der Waals surface area (Å²) in [4.78, 5) is 31.7. The highest BCUT2D eigenvalue weighted by molar-refractivity contribution is 7.07. The number of carbonyl (C=O) groups is 1. The first-order valence-corrected chi connectivity index (χ1v) is 12.2. The molecule has 0 unspecified atom stereocenters. The molecule has 0 amide bonds. The Balaban J connectivity index is 2.01. The minimum atomic E-state index is -0.856. The SMILES string of the molecule is CCOC(=O)C1=C(C)N=c2s/c(=C\c3cccc(OC)c3OC)c(=O)n2[C@@H]1c1cccc(Cl)c1Cl. The van der Waals surface area contributed by atoms with Crippen molar-refractivity contribution in [1.82, 2.24) is 4.57 Å². The maximum Gasteiger partial charge on any atom is 0.338 e. The molecule has 1 aliphatic heterocycles. The van der Waals surface area contributed by atoms with E-state index >= 15 is 0 Å². The number of nitrogens with zero attached hydrogens (tertiary/aromatic N) is 2. The summed E-state index contributed by atoms with van der Waals surface area (Å²) in [5.41, 5.74) is 1.50. The van der Waals surface area contributed by atoms with Gasteiger partial charge >= 0.3 is 5.97 Å². The molecule has 2 heterocycles. The van der Waals surface area contributed by atoms with E-state index in [1.54, 1.807) is 51.3 Å². The number of esters is 1. The van der Waals surface area contributed by atoms with Crippen LogP contribution in [-0.4, -0.2) is 31.4 Å². The minimum Gasteiger partial charge on any atom is -0.493 e. The second kappa shape index (κ2) is 10.3. The molecule has 3 aromatic rings. The maximum absolute atomic E-state index is 13.7. The summed E-state index contributed by atoms with van der Waals surface area (Å²) < 4.78 is 18.0. The zero-order valence-corrected chi connectivity index (χ0v) is 21.8. The molecule has 0 spiro atoms. The molecule has 0 fully saturated rings. The van der Waals surface area contributed by atoms with Gasteiger partial charge in [-0.15, -0.1) is 0 Å². The number of hydrogen-bond donors (Lipinski definition) is 0. The average molecular weight is 533 g/mol. The van der Waals surface area contributed by atoms with Gasteiger partial charge in [0, 0.05) is 11.1 Å². The zero-order valence-electron chi connectivity index (χ0n) is 19.4. The van der Waals surface area contributed by atoms with Crippen molar-refractivity contribution in [2.45, 2.75) is 19.9 Å². The van der Waals surface area contributed by atoms with Crippen LogP contribution in [0, 0.1) is 0 Å². The Bertz CT molecular complexity index is 1520. The van der Waals surface area contributed by atoms with E-state index in [9.17, 15) is 9.59 Å². The molecular formula is C25H22Cl2N2O5S. The second-order valence-electron chi connectivity index (χ2n) is 7.53. The van der Waals surface area contributed by atoms with E-state index in [1.165, 1.54) is 23.0 Å². The molecule has 0 saturated heterocycles. The Kier molecular flexibility index (Phi) is 7.35.